The minimum atomic E-state index is -0.602. The zero-order chi connectivity index (χ0) is 42.3. The molecule has 2 amide bonds. The van der Waals surface area contributed by atoms with Crippen molar-refractivity contribution in [3.8, 4) is 0 Å². The minimum Gasteiger partial charge on any atom is -0.466 e. The predicted molar refractivity (Wildman–Crippen MR) is 250 cm³/mol. The number of fused-ring (bicyclic) bond motifs is 1. The fourth-order valence-corrected chi connectivity index (χ4v) is 9.01. The van der Waals surface area contributed by atoms with Gasteiger partial charge in [-0.1, -0.05) is 186 Å². The van der Waals surface area contributed by atoms with E-state index in [1.165, 1.54) is 103 Å². The van der Waals surface area contributed by atoms with Gasteiger partial charge in [0, 0.05) is 18.2 Å². The van der Waals surface area contributed by atoms with Crippen LogP contribution < -0.4 is 5.32 Å². The number of piperidine rings is 1. The quantitative estimate of drug-likeness (QED) is 0.0562. The second-order valence-electron chi connectivity index (χ2n) is 18.0. The van der Waals surface area contributed by atoms with E-state index in [4.69, 9.17) is 4.74 Å². The molecule has 7 heteroatoms. The van der Waals surface area contributed by atoms with Gasteiger partial charge in [-0.25, -0.2) is 0 Å². The Labute approximate surface area is 361 Å². The Bertz CT molecular complexity index is 1390. The van der Waals surface area contributed by atoms with Crippen LogP contribution in [0, 0.1) is 5.92 Å². The van der Waals surface area contributed by atoms with Gasteiger partial charge < -0.3 is 19.9 Å². The first kappa shape index (κ1) is 50.4. The van der Waals surface area contributed by atoms with Gasteiger partial charge in [-0.2, -0.15) is 0 Å². The van der Waals surface area contributed by atoms with E-state index in [1.807, 2.05) is 29.2 Å². The summed E-state index contributed by atoms with van der Waals surface area (Å²) in [6, 6.07) is 13.6. The van der Waals surface area contributed by atoms with Gasteiger partial charge in [-0.15, -0.1) is 0 Å². The number of anilines is 1. The van der Waals surface area contributed by atoms with Crippen molar-refractivity contribution in [1.29, 1.82) is 0 Å². The molecule has 1 fully saturated rings. The number of esters is 1. The highest BCUT2D eigenvalue weighted by atomic mass is 16.5. The van der Waals surface area contributed by atoms with Gasteiger partial charge in [0.1, 0.15) is 6.04 Å². The number of carbonyl (C=O) groups excluding carboxylic acids is 3. The van der Waals surface area contributed by atoms with Crippen LogP contribution in [-0.4, -0.2) is 66.4 Å². The molecular formula is C52H87N3O4. The van der Waals surface area contributed by atoms with E-state index in [0.29, 0.717) is 18.9 Å². The summed E-state index contributed by atoms with van der Waals surface area (Å²) in [5, 5.41) is 5.50. The molecule has 0 aliphatic carbocycles. The number of nitrogens with one attached hydrogen (secondary N) is 1. The molecule has 2 aromatic rings. The topological polar surface area (TPSA) is 79.0 Å². The van der Waals surface area contributed by atoms with Crippen molar-refractivity contribution < 1.29 is 19.1 Å². The molecule has 1 saturated heterocycles. The molecule has 3 rings (SSSR count). The maximum atomic E-state index is 14.8. The van der Waals surface area contributed by atoms with Crippen molar-refractivity contribution in [3.63, 3.8) is 0 Å². The van der Waals surface area contributed by atoms with Crippen molar-refractivity contribution in [2.45, 2.75) is 219 Å². The summed E-state index contributed by atoms with van der Waals surface area (Å²) in [6.07, 6.45) is 31.1. The molecule has 334 valence electrons. The number of likely N-dealkylation sites (tertiary alicyclic amines) is 1. The van der Waals surface area contributed by atoms with Gasteiger partial charge in [-0.05, 0) is 87.5 Å². The lowest BCUT2D eigenvalue weighted by molar-refractivity contribution is -0.148. The summed E-state index contributed by atoms with van der Waals surface area (Å²) in [6.45, 7) is 9.18. The molecule has 0 radical (unpaired) electrons. The van der Waals surface area contributed by atoms with E-state index in [-0.39, 0.29) is 36.7 Å². The number of hydrogen-bond acceptors (Lipinski definition) is 5. The highest BCUT2D eigenvalue weighted by Crippen LogP contribution is 2.30. The molecule has 1 atom stereocenters. The van der Waals surface area contributed by atoms with Crippen molar-refractivity contribution in [2.24, 2.45) is 5.92 Å². The maximum Gasteiger partial charge on any atom is 0.306 e. The van der Waals surface area contributed by atoms with Gasteiger partial charge in [-0.3, -0.25) is 14.4 Å². The summed E-state index contributed by atoms with van der Waals surface area (Å²) < 4.78 is 5.69. The largest absolute Gasteiger partial charge is 0.466 e. The third-order valence-corrected chi connectivity index (χ3v) is 12.8. The van der Waals surface area contributed by atoms with Crippen molar-refractivity contribution in [1.82, 2.24) is 9.80 Å². The number of rotatable bonds is 34. The molecule has 1 unspecified atom stereocenters. The Balaban J connectivity index is 1.78. The Morgan fingerprint density at radius 2 is 1.17 bits per heavy atom. The first-order valence-corrected chi connectivity index (χ1v) is 24.8. The SMILES string of the molecule is CCCCCCCCCCCCOC(=O)CCC(=O)N(C(CCCCCCCC)CCCCCCCC)C(CC1CCN(C)CC1)C(=O)Nc1ccc2ccccc2c1. The van der Waals surface area contributed by atoms with Crippen LogP contribution in [0.25, 0.3) is 10.8 Å². The molecule has 0 bridgehead atoms. The zero-order valence-corrected chi connectivity index (χ0v) is 38.4. The number of benzene rings is 2. The lowest BCUT2D eigenvalue weighted by atomic mass is 9.87. The number of ether oxygens (including phenoxy) is 1. The van der Waals surface area contributed by atoms with Crippen LogP contribution in [0.1, 0.15) is 207 Å². The van der Waals surface area contributed by atoms with Crippen LogP contribution >= 0.6 is 0 Å². The Morgan fingerprint density at radius 1 is 0.661 bits per heavy atom. The summed E-state index contributed by atoms with van der Waals surface area (Å²) in [5.41, 5.74) is 0.758. The molecule has 1 aliphatic rings. The van der Waals surface area contributed by atoms with Crippen LogP contribution in [0.3, 0.4) is 0 Å². The predicted octanol–water partition coefficient (Wildman–Crippen LogP) is 13.8. The highest BCUT2D eigenvalue weighted by molar-refractivity contribution is 5.99. The first-order chi connectivity index (χ1) is 28.9. The van der Waals surface area contributed by atoms with Crippen LogP contribution in [0.4, 0.5) is 5.69 Å². The molecule has 0 saturated carbocycles. The van der Waals surface area contributed by atoms with Crippen molar-refractivity contribution in [2.75, 3.05) is 32.1 Å². The maximum absolute atomic E-state index is 14.8. The summed E-state index contributed by atoms with van der Waals surface area (Å²) >= 11 is 0. The van der Waals surface area contributed by atoms with Crippen LogP contribution in [0.5, 0.6) is 0 Å². The van der Waals surface area contributed by atoms with Gasteiger partial charge >= 0.3 is 5.97 Å². The van der Waals surface area contributed by atoms with E-state index >= 15 is 0 Å². The zero-order valence-electron chi connectivity index (χ0n) is 38.4. The number of nitrogens with zero attached hydrogens (tertiary/aromatic N) is 2. The Kier molecular flexibility index (Phi) is 27.2. The van der Waals surface area contributed by atoms with E-state index in [2.05, 4.69) is 56.2 Å². The molecule has 0 spiro atoms. The monoisotopic (exact) mass is 818 g/mol. The number of carbonyl (C=O) groups is 3. The Morgan fingerprint density at radius 3 is 1.73 bits per heavy atom. The van der Waals surface area contributed by atoms with Gasteiger partial charge in [0.15, 0.2) is 0 Å². The average Bonchev–Trinajstić information content (AvgIpc) is 3.24. The molecule has 59 heavy (non-hydrogen) atoms. The normalized spacial score (nSPS) is 14.2. The fraction of sp³-hybridized carbons (Fsp3) is 0.750. The van der Waals surface area contributed by atoms with Gasteiger partial charge in [0.05, 0.1) is 13.0 Å². The summed E-state index contributed by atoms with van der Waals surface area (Å²) in [4.78, 5) is 47.1. The van der Waals surface area contributed by atoms with E-state index in [0.717, 1.165) is 93.8 Å². The van der Waals surface area contributed by atoms with E-state index < -0.39 is 6.04 Å². The lowest BCUT2D eigenvalue weighted by Gasteiger charge is -2.40. The smallest absolute Gasteiger partial charge is 0.306 e. The van der Waals surface area contributed by atoms with Crippen molar-refractivity contribution in [3.05, 3.63) is 42.5 Å². The summed E-state index contributed by atoms with van der Waals surface area (Å²) in [7, 11) is 2.17. The standard InChI is InChI=1S/C52H87N3O4/c1-5-8-11-14-17-18-19-20-23-28-41-59-51(57)36-35-50(56)55(48(31-24-21-15-12-9-6-2)32-25-22-16-13-10-7-3)49(42-44-37-39-54(4)40-38-44)52(58)53-47-34-33-45-29-26-27-30-46(45)43-47/h26-27,29-30,33-34,43-44,48-49H,5-25,28,31-32,35-42H2,1-4H3,(H,53,58). The van der Waals surface area contributed by atoms with Gasteiger partial charge in [0.25, 0.3) is 0 Å². The molecular weight excluding hydrogens is 731 g/mol. The van der Waals surface area contributed by atoms with E-state index in [1.54, 1.807) is 0 Å². The minimum absolute atomic E-state index is 0.0406. The van der Waals surface area contributed by atoms with Crippen LogP contribution in [-0.2, 0) is 19.1 Å². The second-order valence-corrected chi connectivity index (χ2v) is 18.0. The third-order valence-electron chi connectivity index (χ3n) is 12.8. The van der Waals surface area contributed by atoms with Crippen LogP contribution in [0.15, 0.2) is 42.5 Å². The van der Waals surface area contributed by atoms with E-state index in [9.17, 15) is 14.4 Å². The lowest BCUT2D eigenvalue weighted by Crippen LogP contribution is -2.53. The number of unbranched alkanes of at least 4 members (excludes halogenated alkanes) is 19. The molecule has 1 heterocycles. The van der Waals surface area contributed by atoms with Crippen molar-refractivity contribution >= 4 is 34.2 Å². The highest BCUT2D eigenvalue weighted by Gasteiger charge is 2.37. The summed E-state index contributed by atoms with van der Waals surface area (Å²) in [5.74, 6) is -0.129. The molecule has 1 aliphatic heterocycles. The van der Waals surface area contributed by atoms with Gasteiger partial charge in [0.2, 0.25) is 11.8 Å². The molecule has 0 aromatic heterocycles. The third kappa shape index (κ3) is 21.4. The second kappa shape index (κ2) is 31.9. The fourth-order valence-electron chi connectivity index (χ4n) is 9.01. The average molecular weight is 818 g/mol. The number of hydrogen-bond donors (Lipinski definition) is 1. The molecule has 2 aromatic carbocycles. The number of amides is 2. The Hall–Kier alpha value is -2.93. The molecule has 7 nitrogen and oxygen atoms in total. The van der Waals surface area contributed by atoms with Crippen LogP contribution in [0.2, 0.25) is 0 Å². The first-order valence-electron chi connectivity index (χ1n) is 24.8. The molecule has 1 N–H and O–H groups in total.